The predicted octanol–water partition coefficient (Wildman–Crippen LogP) is 1.73. The van der Waals surface area contributed by atoms with E-state index in [0.29, 0.717) is 5.56 Å². The van der Waals surface area contributed by atoms with Gasteiger partial charge in [0.05, 0.1) is 4.92 Å². The van der Waals surface area contributed by atoms with Gasteiger partial charge in [0.2, 0.25) is 17.6 Å². The number of nitrogens with zero attached hydrogens (tertiary/aromatic N) is 1. The zero-order valence-electron chi connectivity index (χ0n) is 16.3. The minimum Gasteiger partial charge on any atom is -0.480 e. The zero-order valence-corrected chi connectivity index (χ0v) is 16.3. The first-order valence-electron chi connectivity index (χ1n) is 9.04. The minimum absolute atomic E-state index is 0.0277. The molecule has 2 amide bonds. The van der Waals surface area contributed by atoms with Gasteiger partial charge in [-0.3, -0.25) is 19.7 Å². The Balaban J connectivity index is 2.18. The molecule has 0 radical (unpaired) electrons. The molecular formula is C20H19F2N3O6. The molecular weight excluding hydrogens is 416 g/mol. The van der Waals surface area contributed by atoms with Gasteiger partial charge in [-0.15, -0.1) is 0 Å². The summed E-state index contributed by atoms with van der Waals surface area (Å²) in [6.07, 6.45) is -0.383. The van der Waals surface area contributed by atoms with E-state index in [-0.39, 0.29) is 18.4 Å². The number of benzene rings is 2. The van der Waals surface area contributed by atoms with Crippen LogP contribution in [0.5, 0.6) is 0 Å². The predicted molar refractivity (Wildman–Crippen MR) is 104 cm³/mol. The van der Waals surface area contributed by atoms with Gasteiger partial charge in [0.25, 0.3) is 0 Å². The van der Waals surface area contributed by atoms with E-state index >= 15 is 0 Å². The molecule has 0 unspecified atom stereocenters. The smallest absolute Gasteiger partial charge is 0.326 e. The summed E-state index contributed by atoms with van der Waals surface area (Å²) in [6.45, 7) is 1.18. The number of aliphatic carboxylic acids is 1. The maximum Gasteiger partial charge on any atom is 0.326 e. The Hall–Kier alpha value is -3.89. The van der Waals surface area contributed by atoms with Crippen molar-refractivity contribution in [2.24, 2.45) is 0 Å². The number of rotatable bonds is 9. The fraction of sp³-hybridized carbons (Fsp3) is 0.250. The van der Waals surface area contributed by atoms with Crippen LogP contribution in [0.1, 0.15) is 18.1 Å². The molecule has 0 fully saturated rings. The van der Waals surface area contributed by atoms with Crippen molar-refractivity contribution in [2.45, 2.75) is 31.8 Å². The van der Waals surface area contributed by atoms with Crippen molar-refractivity contribution in [3.63, 3.8) is 0 Å². The number of nitrogens with one attached hydrogen (secondary N) is 2. The van der Waals surface area contributed by atoms with Crippen LogP contribution in [0.3, 0.4) is 0 Å². The molecule has 164 valence electrons. The number of nitro benzene ring substituents is 1. The highest BCUT2D eigenvalue weighted by molar-refractivity contribution is 5.90. The lowest BCUT2D eigenvalue weighted by molar-refractivity contribution is -0.387. The van der Waals surface area contributed by atoms with Crippen molar-refractivity contribution in [1.29, 1.82) is 0 Å². The fourth-order valence-corrected chi connectivity index (χ4v) is 2.84. The van der Waals surface area contributed by atoms with Crippen molar-refractivity contribution in [2.75, 3.05) is 0 Å². The highest BCUT2D eigenvalue weighted by Crippen LogP contribution is 2.19. The Kier molecular flexibility index (Phi) is 7.72. The van der Waals surface area contributed by atoms with Crippen LogP contribution >= 0.6 is 0 Å². The number of halogens is 2. The first-order chi connectivity index (χ1) is 14.6. The number of hydrogen-bond donors (Lipinski definition) is 3. The maximum absolute atomic E-state index is 13.5. The molecule has 0 spiro atoms. The number of carbonyl (C=O) groups is 3. The largest absolute Gasteiger partial charge is 0.480 e. The Morgan fingerprint density at radius 2 is 1.58 bits per heavy atom. The van der Waals surface area contributed by atoms with E-state index in [1.54, 1.807) is 0 Å². The summed E-state index contributed by atoms with van der Waals surface area (Å²) >= 11 is 0. The van der Waals surface area contributed by atoms with Gasteiger partial charge in [0.1, 0.15) is 17.9 Å². The van der Waals surface area contributed by atoms with Crippen LogP contribution in [0, 0.1) is 21.7 Å². The SMILES string of the molecule is CC(=O)N[C@H](Cc1ccc(F)cc1)C(=O)N[C@H](Cc1ccc(F)c([N+](=O)[O-])c1)C(=O)O. The van der Waals surface area contributed by atoms with Gasteiger partial charge in [0, 0.05) is 25.8 Å². The summed E-state index contributed by atoms with van der Waals surface area (Å²) in [5.74, 6) is -4.34. The van der Waals surface area contributed by atoms with Crippen molar-refractivity contribution in [3.05, 3.63) is 75.3 Å². The van der Waals surface area contributed by atoms with E-state index in [0.717, 1.165) is 12.1 Å². The van der Waals surface area contributed by atoms with Crippen LogP contribution < -0.4 is 10.6 Å². The van der Waals surface area contributed by atoms with Gasteiger partial charge in [-0.2, -0.15) is 4.39 Å². The lowest BCUT2D eigenvalue weighted by atomic mass is 10.0. The highest BCUT2D eigenvalue weighted by atomic mass is 19.1. The van der Waals surface area contributed by atoms with Crippen LogP contribution in [0.2, 0.25) is 0 Å². The van der Waals surface area contributed by atoms with Crippen molar-refractivity contribution < 1.29 is 33.2 Å². The molecule has 2 aromatic rings. The molecule has 3 N–H and O–H groups in total. The van der Waals surface area contributed by atoms with Crippen LogP contribution in [0.25, 0.3) is 0 Å². The third kappa shape index (κ3) is 6.84. The molecule has 0 bridgehead atoms. The number of carbonyl (C=O) groups excluding carboxylic acids is 2. The first-order valence-corrected chi connectivity index (χ1v) is 9.04. The molecule has 0 heterocycles. The van der Waals surface area contributed by atoms with Gasteiger partial charge in [-0.05, 0) is 29.3 Å². The number of amides is 2. The zero-order chi connectivity index (χ0) is 23.1. The van der Waals surface area contributed by atoms with Crippen molar-refractivity contribution in [1.82, 2.24) is 10.6 Å². The Labute approximate surface area is 175 Å². The van der Waals surface area contributed by atoms with Crippen LogP contribution in [0.15, 0.2) is 42.5 Å². The maximum atomic E-state index is 13.5. The molecule has 2 atom stereocenters. The number of hydrogen-bond acceptors (Lipinski definition) is 5. The van der Waals surface area contributed by atoms with E-state index in [1.165, 1.54) is 37.3 Å². The summed E-state index contributed by atoms with van der Waals surface area (Å²) in [4.78, 5) is 45.7. The van der Waals surface area contributed by atoms with Gasteiger partial charge >= 0.3 is 11.7 Å². The van der Waals surface area contributed by atoms with Crippen molar-refractivity contribution >= 4 is 23.5 Å². The first kappa shape index (κ1) is 23.4. The molecule has 31 heavy (non-hydrogen) atoms. The minimum atomic E-state index is -1.50. The number of carboxylic acids is 1. The van der Waals surface area contributed by atoms with Gasteiger partial charge in [-0.1, -0.05) is 18.2 Å². The Bertz CT molecular complexity index is 997. The second-order valence-corrected chi connectivity index (χ2v) is 6.73. The fourth-order valence-electron chi connectivity index (χ4n) is 2.84. The monoisotopic (exact) mass is 435 g/mol. The Morgan fingerprint density at radius 3 is 2.13 bits per heavy atom. The van der Waals surface area contributed by atoms with E-state index in [4.69, 9.17) is 0 Å². The third-order valence-corrected chi connectivity index (χ3v) is 4.31. The molecule has 0 saturated heterocycles. The van der Waals surface area contributed by atoms with E-state index in [9.17, 15) is 38.4 Å². The topological polar surface area (TPSA) is 139 Å². The summed E-state index contributed by atoms with van der Waals surface area (Å²) in [6, 6.07) is 5.46. The van der Waals surface area contributed by atoms with E-state index < -0.39 is 52.1 Å². The van der Waals surface area contributed by atoms with Gasteiger partial charge < -0.3 is 15.7 Å². The van der Waals surface area contributed by atoms with E-state index in [2.05, 4.69) is 10.6 Å². The highest BCUT2D eigenvalue weighted by Gasteiger charge is 2.27. The second-order valence-electron chi connectivity index (χ2n) is 6.73. The van der Waals surface area contributed by atoms with Gasteiger partial charge in [0.15, 0.2) is 0 Å². The molecule has 0 saturated carbocycles. The van der Waals surface area contributed by atoms with Crippen LogP contribution in [-0.2, 0) is 27.2 Å². The molecule has 0 aliphatic heterocycles. The van der Waals surface area contributed by atoms with E-state index in [1.807, 2.05) is 0 Å². The molecule has 9 nitrogen and oxygen atoms in total. The molecule has 0 aliphatic carbocycles. The third-order valence-electron chi connectivity index (χ3n) is 4.31. The second kappa shape index (κ2) is 10.2. The van der Waals surface area contributed by atoms with Gasteiger partial charge in [-0.25, -0.2) is 9.18 Å². The normalized spacial score (nSPS) is 12.5. The van der Waals surface area contributed by atoms with Crippen molar-refractivity contribution in [3.8, 4) is 0 Å². The summed E-state index contributed by atoms with van der Waals surface area (Å²) in [5, 5.41) is 25.0. The molecule has 2 aromatic carbocycles. The quantitative estimate of drug-likeness (QED) is 0.405. The lowest BCUT2D eigenvalue weighted by Crippen LogP contribution is -2.52. The summed E-state index contributed by atoms with van der Waals surface area (Å²) in [7, 11) is 0. The molecule has 0 aliphatic rings. The van der Waals surface area contributed by atoms with Crippen LogP contribution in [-0.4, -0.2) is 39.9 Å². The summed E-state index contributed by atoms with van der Waals surface area (Å²) in [5.41, 5.74) is -0.174. The number of nitro groups is 1. The Morgan fingerprint density at radius 1 is 1.00 bits per heavy atom. The average molecular weight is 435 g/mol. The molecule has 2 rings (SSSR count). The average Bonchev–Trinajstić information content (AvgIpc) is 2.69. The number of carboxylic acid groups (broad SMARTS) is 1. The van der Waals surface area contributed by atoms with Crippen LogP contribution in [0.4, 0.5) is 14.5 Å². The molecule has 0 aromatic heterocycles. The lowest BCUT2D eigenvalue weighted by Gasteiger charge is -2.21. The standard InChI is InChI=1S/C20H19F2N3O6/c1-11(26)23-16(8-12-2-5-14(21)6-3-12)19(27)24-17(20(28)29)9-13-4-7-15(22)18(10-13)25(30)31/h2-7,10,16-17H,8-9H2,1H3,(H,23,26)(H,24,27)(H,28,29)/t16-,17-/m1/s1. The summed E-state index contributed by atoms with van der Waals surface area (Å²) < 4.78 is 26.6. The molecule has 11 heteroatoms.